The van der Waals surface area contributed by atoms with Gasteiger partial charge in [0.15, 0.2) is 0 Å². The fourth-order valence-corrected chi connectivity index (χ4v) is 2.97. The molecule has 0 aromatic heterocycles. The van der Waals surface area contributed by atoms with Gasteiger partial charge in [-0.2, -0.15) is 5.26 Å². The van der Waals surface area contributed by atoms with Crippen LogP contribution in [0, 0.1) is 17.2 Å². The maximum absolute atomic E-state index is 10.9. The van der Waals surface area contributed by atoms with Crippen LogP contribution in [0.1, 0.15) is 26.2 Å². The monoisotopic (exact) mass is 194 g/mol. The number of carbonyl (C=O) groups is 1. The van der Waals surface area contributed by atoms with Crippen LogP contribution in [0.2, 0.25) is 0 Å². The van der Waals surface area contributed by atoms with Crippen molar-refractivity contribution in [2.75, 3.05) is 0 Å². The van der Waals surface area contributed by atoms with Crippen molar-refractivity contribution in [3.8, 4) is 6.07 Å². The fourth-order valence-electron chi connectivity index (χ4n) is 2.97. The molecular formula is C10H14N2O2. The molecule has 2 aliphatic rings. The molecule has 0 radical (unpaired) electrons. The fraction of sp³-hybridized carbons (Fsp3) is 0.800. The third-order valence-electron chi connectivity index (χ3n) is 3.54. The van der Waals surface area contributed by atoms with Gasteiger partial charge in [-0.05, 0) is 26.2 Å². The standard InChI is InChI=1S/C10H14N2O2/c1-6(5-11)12-7-2-3-9(12)8(4-7)10(13)14/h6-9H,2-4H2,1H3,(H,13,14). The molecule has 0 aromatic rings. The molecule has 4 unspecified atom stereocenters. The summed E-state index contributed by atoms with van der Waals surface area (Å²) in [6.45, 7) is 1.86. The van der Waals surface area contributed by atoms with Crippen molar-refractivity contribution in [1.29, 1.82) is 5.26 Å². The minimum atomic E-state index is -0.702. The Bertz CT molecular complexity index is 297. The molecule has 0 aliphatic carbocycles. The molecular weight excluding hydrogens is 180 g/mol. The lowest BCUT2D eigenvalue weighted by atomic mass is 9.89. The Morgan fingerprint density at radius 1 is 1.64 bits per heavy atom. The van der Waals surface area contributed by atoms with Crippen molar-refractivity contribution in [3.05, 3.63) is 0 Å². The third-order valence-corrected chi connectivity index (χ3v) is 3.54. The highest BCUT2D eigenvalue weighted by molar-refractivity contribution is 5.71. The average molecular weight is 194 g/mol. The van der Waals surface area contributed by atoms with Gasteiger partial charge >= 0.3 is 5.97 Å². The van der Waals surface area contributed by atoms with E-state index in [0.717, 1.165) is 19.3 Å². The summed E-state index contributed by atoms with van der Waals surface area (Å²) >= 11 is 0. The smallest absolute Gasteiger partial charge is 0.308 e. The van der Waals surface area contributed by atoms with E-state index in [1.165, 1.54) is 0 Å². The first kappa shape index (κ1) is 9.47. The topological polar surface area (TPSA) is 64.3 Å². The highest BCUT2D eigenvalue weighted by atomic mass is 16.4. The number of nitriles is 1. The number of rotatable bonds is 2. The molecule has 2 fully saturated rings. The van der Waals surface area contributed by atoms with Gasteiger partial charge in [0.05, 0.1) is 18.0 Å². The van der Waals surface area contributed by atoms with Gasteiger partial charge in [-0.15, -0.1) is 0 Å². The minimum Gasteiger partial charge on any atom is -0.481 e. The van der Waals surface area contributed by atoms with Crippen molar-refractivity contribution in [1.82, 2.24) is 4.90 Å². The second-order valence-corrected chi connectivity index (χ2v) is 4.23. The number of fused-ring (bicyclic) bond motifs is 2. The molecule has 0 saturated carbocycles. The molecule has 4 heteroatoms. The molecule has 4 atom stereocenters. The summed E-state index contributed by atoms with van der Waals surface area (Å²) in [5, 5.41) is 17.8. The quantitative estimate of drug-likeness (QED) is 0.707. The first-order chi connectivity index (χ1) is 6.65. The van der Waals surface area contributed by atoms with E-state index in [1.807, 2.05) is 6.92 Å². The van der Waals surface area contributed by atoms with E-state index in [1.54, 1.807) is 0 Å². The predicted octanol–water partition coefficient (Wildman–Crippen LogP) is 0.836. The van der Waals surface area contributed by atoms with E-state index < -0.39 is 5.97 Å². The van der Waals surface area contributed by atoms with Crippen LogP contribution in [0.4, 0.5) is 0 Å². The van der Waals surface area contributed by atoms with Crippen LogP contribution in [-0.4, -0.2) is 34.1 Å². The molecule has 4 nitrogen and oxygen atoms in total. The Balaban J connectivity index is 2.17. The van der Waals surface area contributed by atoms with Crippen molar-refractivity contribution in [3.63, 3.8) is 0 Å². The van der Waals surface area contributed by atoms with Crippen LogP contribution in [-0.2, 0) is 4.79 Å². The van der Waals surface area contributed by atoms with Gasteiger partial charge in [0.2, 0.25) is 0 Å². The van der Waals surface area contributed by atoms with Crippen molar-refractivity contribution in [2.45, 2.75) is 44.3 Å². The summed E-state index contributed by atoms with van der Waals surface area (Å²) in [7, 11) is 0. The van der Waals surface area contributed by atoms with Gasteiger partial charge in [-0.3, -0.25) is 9.69 Å². The lowest BCUT2D eigenvalue weighted by Gasteiger charge is -2.24. The van der Waals surface area contributed by atoms with Gasteiger partial charge in [0.25, 0.3) is 0 Å². The maximum Gasteiger partial charge on any atom is 0.308 e. The largest absolute Gasteiger partial charge is 0.481 e. The summed E-state index contributed by atoms with van der Waals surface area (Å²) in [5.74, 6) is -0.947. The normalized spacial score (nSPS) is 38.1. The molecule has 14 heavy (non-hydrogen) atoms. The van der Waals surface area contributed by atoms with E-state index in [-0.39, 0.29) is 18.0 Å². The number of aliphatic carboxylic acids is 1. The minimum absolute atomic E-state index is 0.104. The van der Waals surface area contributed by atoms with E-state index in [4.69, 9.17) is 10.4 Å². The third kappa shape index (κ3) is 1.20. The molecule has 2 heterocycles. The first-order valence-corrected chi connectivity index (χ1v) is 5.05. The zero-order chi connectivity index (χ0) is 10.3. The summed E-state index contributed by atoms with van der Waals surface area (Å²) in [4.78, 5) is 13.0. The second-order valence-electron chi connectivity index (χ2n) is 4.23. The maximum atomic E-state index is 10.9. The van der Waals surface area contributed by atoms with Gasteiger partial charge < -0.3 is 5.11 Å². The SMILES string of the molecule is CC(C#N)N1C2CCC1C(C(=O)O)C2. The zero-order valence-corrected chi connectivity index (χ0v) is 8.18. The van der Waals surface area contributed by atoms with Gasteiger partial charge in [-0.1, -0.05) is 0 Å². The Kier molecular flexibility index (Phi) is 2.20. The zero-order valence-electron chi connectivity index (χ0n) is 8.18. The molecule has 2 rings (SSSR count). The van der Waals surface area contributed by atoms with Crippen molar-refractivity contribution >= 4 is 5.97 Å². The molecule has 0 spiro atoms. The number of carboxylic acids is 1. The molecule has 76 valence electrons. The second kappa shape index (κ2) is 3.25. The molecule has 2 aliphatic heterocycles. The van der Waals surface area contributed by atoms with Crippen LogP contribution in [0.5, 0.6) is 0 Å². The lowest BCUT2D eigenvalue weighted by molar-refractivity contribution is -0.142. The summed E-state index contributed by atoms with van der Waals surface area (Å²) in [6, 6.07) is 2.49. The van der Waals surface area contributed by atoms with Gasteiger partial charge in [0.1, 0.15) is 0 Å². The molecule has 0 amide bonds. The van der Waals surface area contributed by atoms with E-state index >= 15 is 0 Å². The van der Waals surface area contributed by atoms with E-state index in [9.17, 15) is 4.79 Å². The van der Waals surface area contributed by atoms with Crippen LogP contribution < -0.4 is 0 Å². The predicted molar refractivity (Wildman–Crippen MR) is 49.5 cm³/mol. The highest BCUT2D eigenvalue weighted by Gasteiger charge is 2.50. The Morgan fingerprint density at radius 2 is 2.36 bits per heavy atom. The summed E-state index contributed by atoms with van der Waals surface area (Å²) in [5.41, 5.74) is 0. The van der Waals surface area contributed by atoms with Crippen LogP contribution in [0.3, 0.4) is 0 Å². The molecule has 1 N–H and O–H groups in total. The Hall–Kier alpha value is -1.08. The number of hydrogen-bond donors (Lipinski definition) is 1. The number of hydrogen-bond acceptors (Lipinski definition) is 3. The van der Waals surface area contributed by atoms with Crippen molar-refractivity contribution < 1.29 is 9.90 Å². The number of nitrogens with zero attached hydrogens (tertiary/aromatic N) is 2. The molecule has 2 saturated heterocycles. The lowest BCUT2D eigenvalue weighted by Crippen LogP contribution is -2.38. The van der Waals surface area contributed by atoms with Crippen molar-refractivity contribution in [2.24, 2.45) is 5.92 Å². The highest BCUT2D eigenvalue weighted by Crippen LogP contribution is 2.42. The Labute approximate surface area is 83.1 Å². The van der Waals surface area contributed by atoms with Crippen LogP contribution in [0.15, 0.2) is 0 Å². The molecule has 2 bridgehead atoms. The van der Waals surface area contributed by atoms with Gasteiger partial charge in [-0.25, -0.2) is 0 Å². The summed E-state index contributed by atoms with van der Waals surface area (Å²) in [6.07, 6.45) is 2.72. The van der Waals surface area contributed by atoms with E-state index in [0.29, 0.717) is 6.04 Å². The van der Waals surface area contributed by atoms with E-state index in [2.05, 4.69) is 11.0 Å². The first-order valence-electron chi connectivity index (χ1n) is 5.05. The van der Waals surface area contributed by atoms with Gasteiger partial charge in [0, 0.05) is 12.1 Å². The average Bonchev–Trinajstić information content (AvgIpc) is 2.73. The Morgan fingerprint density at radius 3 is 2.86 bits per heavy atom. The summed E-state index contributed by atoms with van der Waals surface area (Å²) < 4.78 is 0. The van der Waals surface area contributed by atoms with Crippen LogP contribution >= 0.6 is 0 Å². The van der Waals surface area contributed by atoms with Crippen LogP contribution in [0.25, 0.3) is 0 Å². The molecule has 0 aromatic carbocycles. The number of carboxylic acid groups (broad SMARTS) is 1.